The Bertz CT molecular complexity index is 446. The minimum Gasteiger partial charge on any atom is -0.333 e. The molecule has 98 valence electrons. The number of nitrogens with zero attached hydrogens (tertiary/aromatic N) is 3. The van der Waals surface area contributed by atoms with Crippen molar-refractivity contribution in [2.45, 2.75) is 32.6 Å². The van der Waals surface area contributed by atoms with E-state index in [2.05, 4.69) is 15.5 Å². The number of likely N-dealkylation sites (tertiary alicyclic amines) is 1. The van der Waals surface area contributed by atoms with Crippen molar-refractivity contribution in [3.05, 3.63) is 5.01 Å². The summed E-state index contributed by atoms with van der Waals surface area (Å²) in [7, 11) is 0. The van der Waals surface area contributed by atoms with Crippen LogP contribution < -0.4 is 5.32 Å². The molecule has 0 aromatic carbocycles. The summed E-state index contributed by atoms with van der Waals surface area (Å²) in [4.78, 5) is 24.9. The van der Waals surface area contributed by atoms with Crippen molar-refractivity contribution in [1.82, 2.24) is 15.1 Å². The van der Waals surface area contributed by atoms with Gasteiger partial charge in [0.1, 0.15) is 5.01 Å². The topological polar surface area (TPSA) is 75.2 Å². The molecule has 0 bridgehead atoms. The first kappa shape index (κ1) is 12.9. The Balaban J connectivity index is 1.86. The van der Waals surface area contributed by atoms with Crippen molar-refractivity contribution in [1.29, 1.82) is 0 Å². The van der Waals surface area contributed by atoms with Crippen molar-refractivity contribution in [3.8, 4) is 0 Å². The number of piperidine rings is 1. The van der Waals surface area contributed by atoms with E-state index < -0.39 is 0 Å². The average molecular weight is 268 g/mol. The third-order valence-electron chi connectivity index (χ3n) is 2.77. The van der Waals surface area contributed by atoms with E-state index in [-0.39, 0.29) is 18.4 Å². The fourth-order valence-electron chi connectivity index (χ4n) is 1.81. The quantitative estimate of drug-likeness (QED) is 0.885. The molecular weight excluding hydrogens is 252 g/mol. The number of amides is 2. The summed E-state index contributed by atoms with van der Waals surface area (Å²) in [6.07, 6.45) is 3.25. The molecule has 2 amide bonds. The molecule has 6 nitrogen and oxygen atoms in total. The van der Waals surface area contributed by atoms with Crippen LogP contribution in [-0.2, 0) is 16.0 Å². The van der Waals surface area contributed by atoms with Gasteiger partial charge in [0, 0.05) is 13.0 Å². The lowest BCUT2D eigenvalue weighted by Gasteiger charge is -2.25. The molecule has 0 radical (unpaired) electrons. The Labute approximate surface area is 109 Å². The Morgan fingerprint density at radius 2 is 2.28 bits per heavy atom. The van der Waals surface area contributed by atoms with Crippen LogP contribution in [0, 0.1) is 0 Å². The zero-order valence-electron chi connectivity index (χ0n) is 10.3. The first-order chi connectivity index (χ1) is 8.69. The third-order valence-corrected chi connectivity index (χ3v) is 3.75. The van der Waals surface area contributed by atoms with Gasteiger partial charge in [-0.3, -0.25) is 14.9 Å². The van der Waals surface area contributed by atoms with Gasteiger partial charge in [-0.2, -0.15) is 0 Å². The van der Waals surface area contributed by atoms with Gasteiger partial charge in [0.2, 0.25) is 16.9 Å². The van der Waals surface area contributed by atoms with E-state index in [1.807, 2.05) is 6.92 Å². The second-order valence-corrected chi connectivity index (χ2v) is 5.24. The summed E-state index contributed by atoms with van der Waals surface area (Å²) < 4.78 is 0. The summed E-state index contributed by atoms with van der Waals surface area (Å²) in [5.41, 5.74) is 0. The number of aromatic nitrogens is 2. The maximum atomic E-state index is 11.8. The van der Waals surface area contributed by atoms with E-state index in [1.165, 1.54) is 11.3 Å². The van der Waals surface area contributed by atoms with Gasteiger partial charge in [0.15, 0.2) is 0 Å². The van der Waals surface area contributed by atoms with Crippen LogP contribution in [0.4, 0.5) is 5.13 Å². The van der Waals surface area contributed by atoms with Gasteiger partial charge in [-0.1, -0.05) is 18.3 Å². The molecule has 2 rings (SSSR count). The summed E-state index contributed by atoms with van der Waals surface area (Å²) >= 11 is 1.37. The molecule has 1 N–H and O–H groups in total. The van der Waals surface area contributed by atoms with Gasteiger partial charge in [-0.05, 0) is 19.3 Å². The van der Waals surface area contributed by atoms with Crippen molar-refractivity contribution in [2.24, 2.45) is 0 Å². The Morgan fingerprint density at radius 3 is 2.94 bits per heavy atom. The normalized spacial score (nSPS) is 15.8. The molecule has 0 atom stereocenters. The predicted molar refractivity (Wildman–Crippen MR) is 68.3 cm³/mol. The fourth-order valence-corrected chi connectivity index (χ4v) is 2.50. The maximum Gasteiger partial charge on any atom is 0.245 e. The van der Waals surface area contributed by atoms with Crippen LogP contribution in [0.3, 0.4) is 0 Å². The highest BCUT2D eigenvalue weighted by Crippen LogP contribution is 2.16. The largest absolute Gasteiger partial charge is 0.333 e. The SMILES string of the molecule is CCc1nnc(NC(=O)CN2CCCCC2=O)s1. The molecule has 0 saturated carbocycles. The molecule has 2 heterocycles. The van der Waals surface area contributed by atoms with Gasteiger partial charge in [0.25, 0.3) is 0 Å². The van der Waals surface area contributed by atoms with Gasteiger partial charge in [-0.25, -0.2) is 0 Å². The first-order valence-corrected chi connectivity index (χ1v) is 6.90. The van der Waals surface area contributed by atoms with Gasteiger partial charge >= 0.3 is 0 Å². The molecule has 18 heavy (non-hydrogen) atoms. The van der Waals surface area contributed by atoms with E-state index in [0.29, 0.717) is 18.1 Å². The molecule has 7 heteroatoms. The van der Waals surface area contributed by atoms with E-state index in [0.717, 1.165) is 24.3 Å². The van der Waals surface area contributed by atoms with Crippen molar-refractivity contribution < 1.29 is 9.59 Å². The summed E-state index contributed by atoms with van der Waals surface area (Å²) in [5.74, 6) is -0.146. The third kappa shape index (κ3) is 3.25. The van der Waals surface area contributed by atoms with E-state index in [9.17, 15) is 9.59 Å². The smallest absolute Gasteiger partial charge is 0.245 e. The lowest BCUT2D eigenvalue weighted by molar-refractivity contribution is -0.136. The average Bonchev–Trinajstić information content (AvgIpc) is 2.80. The molecule has 1 saturated heterocycles. The van der Waals surface area contributed by atoms with Crippen LogP contribution in [0.2, 0.25) is 0 Å². The second kappa shape index (κ2) is 5.90. The zero-order chi connectivity index (χ0) is 13.0. The number of carbonyl (C=O) groups is 2. The molecule has 0 spiro atoms. The van der Waals surface area contributed by atoms with Crippen molar-refractivity contribution in [3.63, 3.8) is 0 Å². The highest BCUT2D eigenvalue weighted by molar-refractivity contribution is 7.15. The number of hydrogen-bond donors (Lipinski definition) is 1. The molecule has 0 unspecified atom stereocenters. The van der Waals surface area contributed by atoms with Crippen LogP contribution >= 0.6 is 11.3 Å². The van der Waals surface area contributed by atoms with Gasteiger partial charge in [-0.15, -0.1) is 10.2 Å². The second-order valence-electron chi connectivity index (χ2n) is 4.18. The zero-order valence-corrected chi connectivity index (χ0v) is 11.1. The first-order valence-electron chi connectivity index (χ1n) is 6.09. The Morgan fingerprint density at radius 1 is 1.44 bits per heavy atom. The highest BCUT2D eigenvalue weighted by atomic mass is 32.1. The lowest BCUT2D eigenvalue weighted by atomic mass is 10.1. The van der Waals surface area contributed by atoms with Crippen LogP contribution in [0.5, 0.6) is 0 Å². The Kier molecular flexibility index (Phi) is 4.24. The number of anilines is 1. The van der Waals surface area contributed by atoms with E-state index in [1.54, 1.807) is 4.90 Å². The number of rotatable bonds is 4. The van der Waals surface area contributed by atoms with Crippen LogP contribution in [-0.4, -0.2) is 40.0 Å². The molecule has 1 aliphatic heterocycles. The van der Waals surface area contributed by atoms with Crippen LogP contribution in [0.15, 0.2) is 0 Å². The fraction of sp³-hybridized carbons (Fsp3) is 0.636. The number of hydrogen-bond acceptors (Lipinski definition) is 5. The van der Waals surface area contributed by atoms with E-state index in [4.69, 9.17) is 0 Å². The van der Waals surface area contributed by atoms with Gasteiger partial charge in [0.05, 0.1) is 6.54 Å². The van der Waals surface area contributed by atoms with Crippen molar-refractivity contribution in [2.75, 3.05) is 18.4 Å². The summed E-state index contributed by atoms with van der Waals surface area (Å²) in [6, 6.07) is 0. The summed E-state index contributed by atoms with van der Waals surface area (Å²) in [6.45, 7) is 2.76. The standard InChI is InChI=1S/C11H16N4O2S/c1-2-9-13-14-11(18-9)12-8(16)7-15-6-4-3-5-10(15)17/h2-7H2,1H3,(H,12,14,16). The predicted octanol–water partition coefficient (Wildman–Crippen LogP) is 1.05. The number of aryl methyl sites for hydroxylation is 1. The molecular formula is C11H16N4O2S. The maximum absolute atomic E-state index is 11.8. The number of nitrogens with one attached hydrogen (secondary N) is 1. The van der Waals surface area contributed by atoms with Crippen molar-refractivity contribution >= 4 is 28.3 Å². The van der Waals surface area contributed by atoms with Crippen LogP contribution in [0.25, 0.3) is 0 Å². The summed E-state index contributed by atoms with van der Waals surface area (Å²) in [5, 5.41) is 11.9. The van der Waals surface area contributed by atoms with E-state index >= 15 is 0 Å². The Hall–Kier alpha value is -1.50. The monoisotopic (exact) mass is 268 g/mol. The lowest BCUT2D eigenvalue weighted by Crippen LogP contribution is -2.40. The number of carbonyl (C=O) groups excluding carboxylic acids is 2. The molecule has 1 aromatic rings. The minimum atomic E-state index is -0.205. The highest BCUT2D eigenvalue weighted by Gasteiger charge is 2.20. The molecule has 1 aromatic heterocycles. The molecule has 1 fully saturated rings. The molecule has 0 aliphatic carbocycles. The minimum absolute atomic E-state index is 0.0583. The van der Waals surface area contributed by atoms with Crippen LogP contribution in [0.1, 0.15) is 31.2 Å². The molecule has 1 aliphatic rings. The van der Waals surface area contributed by atoms with Gasteiger partial charge < -0.3 is 4.90 Å².